The molecule has 0 atom stereocenters. The lowest BCUT2D eigenvalue weighted by atomic mass is 11.0. The van der Waals surface area contributed by atoms with Gasteiger partial charge in [-0.3, -0.25) is 4.68 Å². The Balaban J connectivity index is 0.000000360. The molecular formula is C3H8N4. The van der Waals surface area contributed by atoms with Crippen molar-refractivity contribution in [1.29, 1.82) is 0 Å². The molecule has 4 nitrogen and oxygen atoms in total. The van der Waals surface area contributed by atoms with Gasteiger partial charge in [0.05, 0.1) is 0 Å². The lowest BCUT2D eigenvalue weighted by molar-refractivity contribution is 1.00. The van der Waals surface area contributed by atoms with Gasteiger partial charge < -0.3 is 12.0 Å². The van der Waals surface area contributed by atoms with E-state index in [1.165, 1.54) is 11.0 Å². The summed E-state index contributed by atoms with van der Waals surface area (Å²) in [6.45, 7) is 0. The minimum Gasteiger partial charge on any atom is -0.344 e. The number of imidazole rings is 1. The first-order chi connectivity index (χ1) is 2.89. The van der Waals surface area contributed by atoms with Crippen LogP contribution in [0.4, 0.5) is 0 Å². The molecular weight excluding hydrogens is 92.1 g/mol. The smallest absolute Gasteiger partial charge is 0.114 e. The number of nitrogens with zero attached hydrogens (tertiary/aromatic N) is 2. The first kappa shape index (κ1) is 5.97. The highest BCUT2D eigenvalue weighted by Gasteiger charge is 1.69. The van der Waals surface area contributed by atoms with Crippen LogP contribution >= 0.6 is 0 Å². The molecule has 0 bridgehead atoms. The van der Waals surface area contributed by atoms with Gasteiger partial charge >= 0.3 is 0 Å². The summed E-state index contributed by atoms with van der Waals surface area (Å²) in [4.78, 5) is 3.66. The van der Waals surface area contributed by atoms with Crippen LogP contribution in [0.15, 0.2) is 18.7 Å². The van der Waals surface area contributed by atoms with Crippen molar-refractivity contribution < 1.29 is 0 Å². The summed E-state index contributed by atoms with van der Waals surface area (Å²) in [7, 11) is 0. The van der Waals surface area contributed by atoms with Crippen LogP contribution in [0, 0.1) is 0 Å². The summed E-state index contributed by atoms with van der Waals surface area (Å²) >= 11 is 0. The van der Waals surface area contributed by atoms with E-state index in [2.05, 4.69) is 4.98 Å². The summed E-state index contributed by atoms with van der Waals surface area (Å²) in [5, 5.41) is 0. The molecule has 0 unspecified atom stereocenters. The Morgan fingerprint density at radius 2 is 2.29 bits per heavy atom. The second-order valence-corrected chi connectivity index (χ2v) is 1.01. The molecule has 0 aliphatic heterocycles. The Bertz CT molecular complexity index is 110. The number of hydrogen-bond donors (Lipinski definition) is 2. The third kappa shape index (κ3) is 1.23. The number of aromatic nitrogens is 2. The minimum absolute atomic E-state index is 0. The molecule has 0 saturated carbocycles. The van der Waals surface area contributed by atoms with Gasteiger partial charge in [0.25, 0.3) is 0 Å². The predicted molar refractivity (Wildman–Crippen MR) is 27.4 cm³/mol. The molecule has 0 amide bonds. The molecule has 1 aromatic rings. The van der Waals surface area contributed by atoms with Crippen LogP contribution in [0.25, 0.3) is 0 Å². The number of rotatable bonds is 0. The molecule has 0 saturated heterocycles. The van der Waals surface area contributed by atoms with Crippen LogP contribution in [-0.4, -0.2) is 9.66 Å². The van der Waals surface area contributed by atoms with Crippen LogP contribution in [0.1, 0.15) is 0 Å². The van der Waals surface area contributed by atoms with Crippen LogP contribution in [0.2, 0.25) is 0 Å². The quantitative estimate of drug-likeness (QED) is 0.441. The van der Waals surface area contributed by atoms with Crippen molar-refractivity contribution in [2.24, 2.45) is 0 Å². The first-order valence-electron chi connectivity index (χ1n) is 1.62. The molecule has 0 aliphatic rings. The Morgan fingerprint density at radius 3 is 2.43 bits per heavy atom. The Labute approximate surface area is 41.5 Å². The third-order valence-electron chi connectivity index (χ3n) is 0.525. The van der Waals surface area contributed by atoms with Crippen molar-refractivity contribution in [3.8, 4) is 0 Å². The molecule has 1 rings (SSSR count). The van der Waals surface area contributed by atoms with E-state index in [0.717, 1.165) is 0 Å². The van der Waals surface area contributed by atoms with E-state index in [4.69, 9.17) is 5.84 Å². The van der Waals surface area contributed by atoms with E-state index in [1.807, 2.05) is 0 Å². The predicted octanol–water partition coefficient (Wildman–Crippen LogP) is -0.241. The summed E-state index contributed by atoms with van der Waals surface area (Å²) in [5.74, 6) is 5.13. The van der Waals surface area contributed by atoms with Gasteiger partial charge in [-0.25, -0.2) is 4.98 Å². The van der Waals surface area contributed by atoms with Crippen molar-refractivity contribution in [3.05, 3.63) is 18.7 Å². The molecule has 1 heterocycles. The molecule has 40 valence electrons. The van der Waals surface area contributed by atoms with Crippen molar-refractivity contribution in [1.82, 2.24) is 15.8 Å². The monoisotopic (exact) mass is 100 g/mol. The zero-order valence-corrected chi connectivity index (χ0v) is 3.91. The van der Waals surface area contributed by atoms with Crippen molar-refractivity contribution in [3.63, 3.8) is 0 Å². The zero-order chi connectivity index (χ0) is 4.41. The normalized spacial score (nSPS) is 7.43. The molecule has 0 radical (unpaired) electrons. The van der Waals surface area contributed by atoms with E-state index in [1.54, 1.807) is 12.4 Å². The fourth-order valence-corrected chi connectivity index (χ4v) is 0.269. The number of nitrogens with two attached hydrogens (primary N) is 1. The summed E-state index contributed by atoms with van der Waals surface area (Å²) in [6.07, 6.45) is 4.82. The molecule has 1 aromatic heterocycles. The molecule has 0 aromatic carbocycles. The second-order valence-electron chi connectivity index (χ2n) is 1.01. The highest BCUT2D eigenvalue weighted by molar-refractivity contribution is 4.71. The molecule has 0 fully saturated rings. The lowest BCUT2D eigenvalue weighted by Crippen LogP contribution is -2.02. The van der Waals surface area contributed by atoms with E-state index >= 15 is 0 Å². The van der Waals surface area contributed by atoms with E-state index < -0.39 is 0 Å². The topological polar surface area (TPSA) is 78.8 Å². The van der Waals surface area contributed by atoms with Crippen LogP contribution in [0.3, 0.4) is 0 Å². The second kappa shape index (κ2) is 2.20. The molecule has 0 aliphatic carbocycles. The average molecular weight is 100 g/mol. The Hall–Kier alpha value is -1.03. The Kier molecular flexibility index (Phi) is 1.87. The van der Waals surface area contributed by atoms with Gasteiger partial charge in [-0.2, -0.15) is 0 Å². The van der Waals surface area contributed by atoms with E-state index in [0.29, 0.717) is 0 Å². The van der Waals surface area contributed by atoms with Gasteiger partial charge in [0.1, 0.15) is 6.33 Å². The average Bonchev–Trinajstić information content (AvgIpc) is 1.86. The van der Waals surface area contributed by atoms with Crippen LogP contribution in [-0.2, 0) is 0 Å². The number of hydrogen-bond acceptors (Lipinski definition) is 3. The maximum atomic E-state index is 5.13. The van der Waals surface area contributed by atoms with Crippen LogP contribution in [0.5, 0.6) is 0 Å². The zero-order valence-electron chi connectivity index (χ0n) is 3.91. The SMILES string of the molecule is N.Nn1ccnc1. The fourth-order valence-electron chi connectivity index (χ4n) is 0.269. The fraction of sp³-hybridized carbons (Fsp3) is 0. The van der Waals surface area contributed by atoms with Gasteiger partial charge in [0.15, 0.2) is 0 Å². The maximum absolute atomic E-state index is 5.13. The van der Waals surface area contributed by atoms with E-state index in [9.17, 15) is 0 Å². The van der Waals surface area contributed by atoms with Crippen molar-refractivity contribution >= 4 is 0 Å². The summed E-state index contributed by atoms with van der Waals surface area (Å²) < 4.78 is 1.39. The summed E-state index contributed by atoms with van der Waals surface area (Å²) in [6, 6.07) is 0. The van der Waals surface area contributed by atoms with Crippen molar-refractivity contribution in [2.75, 3.05) is 5.84 Å². The largest absolute Gasteiger partial charge is 0.344 e. The highest BCUT2D eigenvalue weighted by atomic mass is 15.3. The molecule has 7 heavy (non-hydrogen) atoms. The molecule has 4 heteroatoms. The van der Waals surface area contributed by atoms with Gasteiger partial charge in [-0.1, -0.05) is 0 Å². The maximum Gasteiger partial charge on any atom is 0.114 e. The van der Waals surface area contributed by atoms with Crippen LogP contribution < -0.4 is 12.0 Å². The third-order valence-corrected chi connectivity index (χ3v) is 0.525. The first-order valence-corrected chi connectivity index (χ1v) is 1.62. The minimum atomic E-state index is 0. The number of nitrogen functional groups attached to an aromatic ring is 1. The lowest BCUT2D eigenvalue weighted by Gasteiger charge is -1.78. The standard InChI is InChI=1S/C3H5N3.H3N/c4-6-2-1-5-3-6;/h1-3H,4H2;1H3. The van der Waals surface area contributed by atoms with Gasteiger partial charge in [0, 0.05) is 12.4 Å². The van der Waals surface area contributed by atoms with E-state index in [-0.39, 0.29) is 6.15 Å². The highest BCUT2D eigenvalue weighted by Crippen LogP contribution is 1.69. The van der Waals surface area contributed by atoms with Gasteiger partial charge in [-0.15, -0.1) is 0 Å². The summed E-state index contributed by atoms with van der Waals surface area (Å²) in [5.41, 5.74) is 0. The molecule has 5 N–H and O–H groups in total. The molecule has 0 spiro atoms. The van der Waals surface area contributed by atoms with Gasteiger partial charge in [-0.05, 0) is 0 Å². The van der Waals surface area contributed by atoms with Gasteiger partial charge in [0.2, 0.25) is 0 Å². The van der Waals surface area contributed by atoms with Crippen molar-refractivity contribution in [2.45, 2.75) is 0 Å². The Morgan fingerprint density at radius 1 is 1.57 bits per heavy atom.